The van der Waals surface area contributed by atoms with Crippen LogP contribution in [0.3, 0.4) is 0 Å². The summed E-state index contributed by atoms with van der Waals surface area (Å²) in [6.45, 7) is 4.75. The molecule has 41 heavy (non-hydrogen) atoms. The van der Waals surface area contributed by atoms with Gasteiger partial charge in [-0.05, 0) is 48.7 Å². The summed E-state index contributed by atoms with van der Waals surface area (Å²) < 4.78 is 13.2. The highest BCUT2D eigenvalue weighted by Crippen LogP contribution is 2.38. The van der Waals surface area contributed by atoms with E-state index in [2.05, 4.69) is 29.7 Å². The van der Waals surface area contributed by atoms with E-state index in [1.807, 2.05) is 73.7 Å². The lowest BCUT2D eigenvalue weighted by atomic mass is 9.95. The van der Waals surface area contributed by atoms with Gasteiger partial charge in [-0.25, -0.2) is 4.68 Å². The SMILES string of the molecule is CCCCCOc1ccc(C2C(C(=O)Nc3ccccc3OC)=C(C)Nc3nc(SCc4ccccc4)nn32)cc1. The third-order valence-corrected chi connectivity index (χ3v) is 7.76. The van der Waals surface area contributed by atoms with Gasteiger partial charge < -0.3 is 20.1 Å². The fourth-order valence-corrected chi connectivity index (χ4v) is 5.53. The zero-order valence-electron chi connectivity index (χ0n) is 23.6. The first-order chi connectivity index (χ1) is 20.1. The smallest absolute Gasteiger partial charge is 0.255 e. The standard InChI is InChI=1S/C32H35N5O3S/c1-4-5-11-20-40-25-18-16-24(17-19-25)29-28(30(38)34-26-14-9-10-15-27(26)39-3)22(2)33-31-35-32(36-37(29)31)41-21-23-12-7-6-8-13-23/h6-10,12-19,29H,4-5,11,20-21H2,1-3H3,(H,34,38)(H,33,35,36). The number of hydrogen-bond acceptors (Lipinski definition) is 7. The third kappa shape index (κ3) is 6.74. The Morgan fingerprint density at radius 2 is 1.78 bits per heavy atom. The van der Waals surface area contributed by atoms with Crippen molar-refractivity contribution in [3.63, 3.8) is 0 Å². The van der Waals surface area contributed by atoms with Crippen LogP contribution in [0.2, 0.25) is 0 Å². The molecule has 212 valence electrons. The number of ether oxygens (including phenoxy) is 2. The molecule has 2 N–H and O–H groups in total. The molecule has 1 aliphatic heterocycles. The summed E-state index contributed by atoms with van der Waals surface area (Å²) in [5.41, 5.74) is 3.95. The lowest BCUT2D eigenvalue weighted by molar-refractivity contribution is -0.113. The van der Waals surface area contributed by atoms with Crippen molar-refractivity contribution in [3.05, 3.63) is 101 Å². The molecule has 4 aromatic rings. The molecule has 0 fully saturated rings. The lowest BCUT2D eigenvalue weighted by Gasteiger charge is -2.29. The maximum atomic E-state index is 13.9. The van der Waals surface area contributed by atoms with Crippen LogP contribution in [-0.4, -0.2) is 34.4 Å². The van der Waals surface area contributed by atoms with Gasteiger partial charge in [0, 0.05) is 11.4 Å². The maximum absolute atomic E-state index is 13.9. The first-order valence-corrected chi connectivity index (χ1v) is 14.8. The molecule has 5 rings (SSSR count). The van der Waals surface area contributed by atoms with E-state index in [-0.39, 0.29) is 5.91 Å². The predicted octanol–water partition coefficient (Wildman–Crippen LogP) is 7.08. The number of allylic oxidation sites excluding steroid dienone is 1. The van der Waals surface area contributed by atoms with Gasteiger partial charge in [0.05, 0.1) is 25.0 Å². The number of unbranched alkanes of at least 4 members (excludes halogenated alkanes) is 2. The summed E-state index contributed by atoms with van der Waals surface area (Å²) in [5, 5.41) is 11.9. The molecule has 1 aromatic heterocycles. The fraction of sp³-hybridized carbons (Fsp3) is 0.281. The lowest BCUT2D eigenvalue weighted by Crippen LogP contribution is -2.31. The van der Waals surface area contributed by atoms with Crippen molar-refractivity contribution in [2.75, 3.05) is 24.4 Å². The van der Waals surface area contributed by atoms with Crippen molar-refractivity contribution in [1.29, 1.82) is 0 Å². The van der Waals surface area contributed by atoms with Crippen LogP contribution in [0.5, 0.6) is 11.5 Å². The number of anilines is 2. The summed E-state index contributed by atoms with van der Waals surface area (Å²) >= 11 is 1.56. The van der Waals surface area contributed by atoms with E-state index in [0.717, 1.165) is 36.3 Å². The van der Waals surface area contributed by atoms with Crippen molar-refractivity contribution in [2.45, 2.75) is 50.1 Å². The Morgan fingerprint density at radius 3 is 2.54 bits per heavy atom. The van der Waals surface area contributed by atoms with E-state index < -0.39 is 6.04 Å². The molecule has 0 bridgehead atoms. The van der Waals surface area contributed by atoms with Gasteiger partial charge in [-0.1, -0.05) is 86.1 Å². The molecule has 0 saturated carbocycles. The molecular formula is C32H35N5O3S. The van der Waals surface area contributed by atoms with Crippen LogP contribution in [0.4, 0.5) is 11.6 Å². The van der Waals surface area contributed by atoms with Crippen LogP contribution in [0, 0.1) is 0 Å². The van der Waals surface area contributed by atoms with E-state index in [4.69, 9.17) is 19.6 Å². The minimum absolute atomic E-state index is 0.246. The van der Waals surface area contributed by atoms with Crippen molar-refractivity contribution in [2.24, 2.45) is 0 Å². The molecular weight excluding hydrogens is 534 g/mol. The van der Waals surface area contributed by atoms with Gasteiger partial charge in [0.2, 0.25) is 11.1 Å². The number of amides is 1. The number of hydrogen-bond donors (Lipinski definition) is 2. The topological polar surface area (TPSA) is 90.3 Å². The van der Waals surface area contributed by atoms with E-state index >= 15 is 0 Å². The van der Waals surface area contributed by atoms with Crippen molar-refractivity contribution >= 4 is 29.3 Å². The molecule has 1 amide bonds. The number of benzene rings is 3. The largest absolute Gasteiger partial charge is 0.495 e. The first-order valence-electron chi connectivity index (χ1n) is 13.9. The molecule has 0 saturated heterocycles. The van der Waals surface area contributed by atoms with Gasteiger partial charge in [0.25, 0.3) is 5.91 Å². The van der Waals surface area contributed by atoms with Crippen molar-refractivity contribution < 1.29 is 14.3 Å². The summed E-state index contributed by atoms with van der Waals surface area (Å²) in [7, 11) is 1.59. The first kappa shape index (κ1) is 28.3. The van der Waals surface area contributed by atoms with Crippen LogP contribution in [0.15, 0.2) is 95.3 Å². The normalized spacial score (nSPS) is 14.3. The number of thioether (sulfide) groups is 1. The Balaban J connectivity index is 1.45. The van der Waals surface area contributed by atoms with Gasteiger partial charge in [0.15, 0.2) is 0 Å². The molecule has 3 aromatic carbocycles. The van der Waals surface area contributed by atoms with Gasteiger partial charge in [-0.15, -0.1) is 5.10 Å². The Kier molecular flexibility index (Phi) is 9.26. The van der Waals surface area contributed by atoms with Crippen LogP contribution >= 0.6 is 11.8 Å². The number of fused-ring (bicyclic) bond motifs is 1. The summed E-state index contributed by atoms with van der Waals surface area (Å²) in [6, 6.07) is 25.0. The second kappa shape index (κ2) is 13.4. The van der Waals surface area contributed by atoms with Crippen LogP contribution < -0.4 is 20.1 Å². The number of methoxy groups -OCH3 is 1. The number of para-hydroxylation sites is 2. The monoisotopic (exact) mass is 569 g/mol. The van der Waals surface area contributed by atoms with Crippen LogP contribution in [-0.2, 0) is 10.5 Å². The molecule has 0 aliphatic carbocycles. The Morgan fingerprint density at radius 1 is 1.02 bits per heavy atom. The quantitative estimate of drug-likeness (QED) is 0.139. The molecule has 1 unspecified atom stereocenters. The maximum Gasteiger partial charge on any atom is 0.255 e. The van der Waals surface area contributed by atoms with E-state index in [1.165, 1.54) is 5.56 Å². The number of aromatic nitrogens is 3. The minimum Gasteiger partial charge on any atom is -0.495 e. The minimum atomic E-state index is -0.492. The molecule has 0 spiro atoms. The average Bonchev–Trinajstić information content (AvgIpc) is 3.41. The third-order valence-electron chi connectivity index (χ3n) is 6.86. The van der Waals surface area contributed by atoms with E-state index in [1.54, 1.807) is 23.6 Å². The molecule has 8 nitrogen and oxygen atoms in total. The highest BCUT2D eigenvalue weighted by Gasteiger charge is 2.34. The summed E-state index contributed by atoms with van der Waals surface area (Å²) in [6.07, 6.45) is 3.31. The number of nitrogens with zero attached hydrogens (tertiary/aromatic N) is 3. The van der Waals surface area contributed by atoms with Crippen LogP contribution in [0.1, 0.15) is 50.3 Å². The average molecular weight is 570 g/mol. The predicted molar refractivity (Wildman–Crippen MR) is 164 cm³/mol. The highest BCUT2D eigenvalue weighted by atomic mass is 32.2. The molecule has 9 heteroatoms. The van der Waals surface area contributed by atoms with Gasteiger partial charge in [-0.3, -0.25) is 4.79 Å². The number of carbonyl (C=O) groups excluding carboxylic acids is 1. The van der Waals surface area contributed by atoms with Gasteiger partial charge in [-0.2, -0.15) is 4.98 Å². The molecule has 2 heterocycles. The van der Waals surface area contributed by atoms with E-state index in [0.29, 0.717) is 40.4 Å². The zero-order valence-corrected chi connectivity index (χ0v) is 24.4. The molecule has 1 aliphatic rings. The number of nitrogens with one attached hydrogen (secondary N) is 2. The zero-order chi connectivity index (χ0) is 28.6. The van der Waals surface area contributed by atoms with Gasteiger partial charge in [0.1, 0.15) is 17.5 Å². The summed E-state index contributed by atoms with van der Waals surface area (Å²) in [5.74, 6) is 2.48. The second-order valence-electron chi connectivity index (χ2n) is 9.78. The van der Waals surface area contributed by atoms with Crippen molar-refractivity contribution in [1.82, 2.24) is 14.8 Å². The van der Waals surface area contributed by atoms with Crippen molar-refractivity contribution in [3.8, 4) is 11.5 Å². The van der Waals surface area contributed by atoms with Gasteiger partial charge >= 0.3 is 0 Å². The Hall–Kier alpha value is -4.24. The molecule has 1 atom stereocenters. The Bertz CT molecular complexity index is 1500. The number of rotatable bonds is 12. The van der Waals surface area contributed by atoms with Crippen LogP contribution in [0.25, 0.3) is 0 Å². The molecule has 0 radical (unpaired) electrons. The second-order valence-corrected chi connectivity index (χ2v) is 10.7. The fourth-order valence-electron chi connectivity index (χ4n) is 4.74. The summed E-state index contributed by atoms with van der Waals surface area (Å²) in [4.78, 5) is 18.6. The Labute approximate surface area is 245 Å². The number of carbonyl (C=O) groups is 1. The van der Waals surface area contributed by atoms with E-state index in [9.17, 15) is 4.79 Å². The highest BCUT2D eigenvalue weighted by molar-refractivity contribution is 7.98.